The molecule has 2 aromatic rings. The normalized spacial score (nSPS) is 11.0. The van der Waals surface area contributed by atoms with Crippen molar-refractivity contribution >= 4 is 23.2 Å². The second kappa shape index (κ2) is 6.69. The summed E-state index contributed by atoms with van der Waals surface area (Å²) in [6.45, 7) is 6.57. The molecule has 2 rings (SSSR count). The molecule has 0 aliphatic rings. The van der Waals surface area contributed by atoms with Crippen LogP contribution in [-0.4, -0.2) is 0 Å². The summed E-state index contributed by atoms with van der Waals surface area (Å²) in [4.78, 5) is 0. The number of rotatable bonds is 4. The number of hydrogen-bond donors (Lipinski definition) is 1. The number of halogens is 2. The maximum atomic E-state index is 6.29. The Hall–Kier alpha value is -1.22. The first kappa shape index (κ1) is 16.2. The Morgan fingerprint density at radius 2 is 1.81 bits per heavy atom. The van der Waals surface area contributed by atoms with E-state index >= 15 is 0 Å². The fourth-order valence-electron chi connectivity index (χ4n) is 2.13. The van der Waals surface area contributed by atoms with Crippen molar-refractivity contribution in [2.24, 2.45) is 5.73 Å². The summed E-state index contributed by atoms with van der Waals surface area (Å²) in [6, 6.07) is 9.40. The van der Waals surface area contributed by atoms with Gasteiger partial charge in [0.1, 0.15) is 11.5 Å². The molecule has 4 heteroatoms. The smallest absolute Gasteiger partial charge is 0.133 e. The highest BCUT2D eigenvalue weighted by Crippen LogP contribution is 2.35. The van der Waals surface area contributed by atoms with E-state index < -0.39 is 0 Å². The van der Waals surface area contributed by atoms with Crippen molar-refractivity contribution in [3.8, 4) is 11.5 Å². The van der Waals surface area contributed by atoms with E-state index in [-0.39, 0.29) is 0 Å². The summed E-state index contributed by atoms with van der Waals surface area (Å²) in [5.74, 6) is 1.79. The van der Waals surface area contributed by atoms with E-state index in [1.807, 2.05) is 31.2 Å². The third-order valence-electron chi connectivity index (χ3n) is 3.39. The number of aryl methyl sites for hydroxylation is 1. The molecule has 0 radical (unpaired) electrons. The molecule has 0 amide bonds. The Bertz CT molecular complexity index is 653. The average Bonchev–Trinajstić information content (AvgIpc) is 2.41. The topological polar surface area (TPSA) is 35.2 Å². The first-order chi connectivity index (χ1) is 9.92. The summed E-state index contributed by atoms with van der Waals surface area (Å²) < 4.78 is 6.03. The molecular weight excluding hydrogens is 305 g/mol. The molecule has 0 heterocycles. The monoisotopic (exact) mass is 323 g/mol. The Balaban J connectivity index is 2.44. The lowest BCUT2D eigenvalue weighted by Crippen LogP contribution is -2.00. The second-order valence-corrected chi connectivity index (χ2v) is 6.20. The molecule has 0 aliphatic carbocycles. The molecule has 2 aromatic carbocycles. The Morgan fingerprint density at radius 3 is 2.43 bits per heavy atom. The lowest BCUT2D eigenvalue weighted by molar-refractivity contribution is 0.471. The van der Waals surface area contributed by atoms with E-state index in [2.05, 4.69) is 13.8 Å². The molecule has 2 N–H and O–H groups in total. The predicted molar refractivity (Wildman–Crippen MR) is 89.7 cm³/mol. The lowest BCUT2D eigenvalue weighted by Gasteiger charge is -2.16. The van der Waals surface area contributed by atoms with Crippen molar-refractivity contribution in [3.63, 3.8) is 0 Å². The van der Waals surface area contributed by atoms with Gasteiger partial charge in [-0.2, -0.15) is 0 Å². The van der Waals surface area contributed by atoms with Crippen molar-refractivity contribution in [2.45, 2.75) is 33.2 Å². The van der Waals surface area contributed by atoms with Crippen molar-refractivity contribution in [2.75, 3.05) is 0 Å². The molecule has 0 aromatic heterocycles. The van der Waals surface area contributed by atoms with E-state index in [1.54, 1.807) is 6.07 Å². The Kier molecular flexibility index (Phi) is 5.15. The van der Waals surface area contributed by atoms with Gasteiger partial charge >= 0.3 is 0 Å². The van der Waals surface area contributed by atoms with Gasteiger partial charge in [0.2, 0.25) is 0 Å². The highest BCUT2D eigenvalue weighted by Gasteiger charge is 2.12. The highest BCUT2D eigenvalue weighted by molar-refractivity contribution is 6.31. The van der Waals surface area contributed by atoms with E-state index in [9.17, 15) is 0 Å². The van der Waals surface area contributed by atoms with Crippen LogP contribution in [-0.2, 0) is 6.54 Å². The van der Waals surface area contributed by atoms with Crippen LogP contribution in [0.5, 0.6) is 11.5 Å². The lowest BCUT2D eigenvalue weighted by atomic mass is 10.0. The van der Waals surface area contributed by atoms with Gasteiger partial charge in [-0.15, -0.1) is 0 Å². The van der Waals surface area contributed by atoms with Crippen LogP contribution in [0.15, 0.2) is 30.3 Å². The van der Waals surface area contributed by atoms with Gasteiger partial charge in [-0.1, -0.05) is 43.1 Å². The van der Waals surface area contributed by atoms with Gasteiger partial charge < -0.3 is 10.5 Å². The molecule has 0 atom stereocenters. The molecule has 112 valence electrons. The van der Waals surface area contributed by atoms with Crippen LogP contribution in [0.1, 0.15) is 36.5 Å². The summed E-state index contributed by atoms with van der Waals surface area (Å²) in [5, 5.41) is 1.39. The van der Waals surface area contributed by atoms with Crippen LogP contribution in [0.25, 0.3) is 0 Å². The molecule has 21 heavy (non-hydrogen) atoms. The van der Waals surface area contributed by atoms with Gasteiger partial charge in [-0.3, -0.25) is 0 Å². The van der Waals surface area contributed by atoms with Gasteiger partial charge in [-0.25, -0.2) is 0 Å². The molecular formula is C17H19Cl2NO. The molecule has 2 nitrogen and oxygen atoms in total. The van der Waals surface area contributed by atoms with Crippen molar-refractivity contribution < 1.29 is 4.74 Å². The minimum atomic E-state index is 0.328. The fourth-order valence-corrected chi connectivity index (χ4v) is 2.73. The minimum absolute atomic E-state index is 0.328. The maximum absolute atomic E-state index is 6.29. The minimum Gasteiger partial charge on any atom is -0.457 e. The van der Waals surface area contributed by atoms with Crippen LogP contribution >= 0.6 is 23.2 Å². The van der Waals surface area contributed by atoms with E-state index in [4.69, 9.17) is 33.7 Å². The van der Waals surface area contributed by atoms with Crippen molar-refractivity contribution in [1.82, 2.24) is 0 Å². The Labute approximate surface area is 135 Å². The quantitative estimate of drug-likeness (QED) is 0.785. The average molecular weight is 324 g/mol. The maximum Gasteiger partial charge on any atom is 0.133 e. The second-order valence-electron chi connectivity index (χ2n) is 5.35. The molecule has 0 unspecified atom stereocenters. The van der Waals surface area contributed by atoms with Crippen molar-refractivity contribution in [3.05, 3.63) is 57.1 Å². The summed E-state index contributed by atoms with van der Waals surface area (Å²) in [5.41, 5.74) is 8.71. The zero-order valence-corrected chi connectivity index (χ0v) is 13.9. The predicted octanol–water partition coefficient (Wildman–Crippen LogP) is 5.68. The fraction of sp³-hybridized carbons (Fsp3) is 0.294. The molecule has 0 saturated carbocycles. The number of nitrogens with two attached hydrogens (primary N) is 1. The number of hydrogen-bond acceptors (Lipinski definition) is 2. The first-order valence-corrected chi connectivity index (χ1v) is 7.64. The zero-order chi connectivity index (χ0) is 15.6. The van der Waals surface area contributed by atoms with Crippen LogP contribution in [0.3, 0.4) is 0 Å². The SMILES string of the molecule is Cc1cc(Cl)c(C(C)C)cc1Oc1cc(Cl)ccc1CN. The largest absolute Gasteiger partial charge is 0.457 e. The van der Waals surface area contributed by atoms with Gasteiger partial charge in [0, 0.05) is 22.2 Å². The van der Waals surface area contributed by atoms with Gasteiger partial charge in [0.25, 0.3) is 0 Å². The summed E-state index contributed by atoms with van der Waals surface area (Å²) in [6.07, 6.45) is 0. The molecule has 0 spiro atoms. The van der Waals surface area contributed by atoms with E-state index in [0.717, 1.165) is 27.5 Å². The number of ether oxygens (including phenoxy) is 1. The van der Waals surface area contributed by atoms with Gasteiger partial charge in [0.15, 0.2) is 0 Å². The Morgan fingerprint density at radius 1 is 1.10 bits per heavy atom. The third kappa shape index (κ3) is 3.70. The van der Waals surface area contributed by atoms with Gasteiger partial charge in [-0.05, 0) is 48.2 Å². The summed E-state index contributed by atoms with van der Waals surface area (Å²) >= 11 is 12.3. The van der Waals surface area contributed by atoms with Crippen LogP contribution in [0, 0.1) is 6.92 Å². The number of benzene rings is 2. The third-order valence-corrected chi connectivity index (χ3v) is 3.95. The van der Waals surface area contributed by atoms with Crippen LogP contribution < -0.4 is 10.5 Å². The van der Waals surface area contributed by atoms with E-state index in [0.29, 0.717) is 23.2 Å². The van der Waals surface area contributed by atoms with E-state index in [1.165, 1.54) is 0 Å². The van der Waals surface area contributed by atoms with Crippen LogP contribution in [0.4, 0.5) is 0 Å². The first-order valence-electron chi connectivity index (χ1n) is 6.88. The standard InChI is InChI=1S/C17H19Cl2NO/c1-10(2)14-8-16(11(3)6-15(14)19)21-17-7-13(18)5-4-12(17)9-20/h4-8,10H,9,20H2,1-3H3. The summed E-state index contributed by atoms with van der Waals surface area (Å²) in [7, 11) is 0. The molecule has 0 fully saturated rings. The zero-order valence-electron chi connectivity index (χ0n) is 12.4. The van der Waals surface area contributed by atoms with Crippen molar-refractivity contribution in [1.29, 1.82) is 0 Å². The highest BCUT2D eigenvalue weighted by atomic mass is 35.5. The molecule has 0 saturated heterocycles. The van der Waals surface area contributed by atoms with Crippen LogP contribution in [0.2, 0.25) is 10.0 Å². The molecule has 0 aliphatic heterocycles. The molecule has 0 bridgehead atoms. The van der Waals surface area contributed by atoms with Gasteiger partial charge in [0.05, 0.1) is 0 Å².